The summed E-state index contributed by atoms with van der Waals surface area (Å²) < 4.78 is 7.98. The van der Waals surface area contributed by atoms with Crippen molar-refractivity contribution in [3.63, 3.8) is 0 Å². The zero-order valence-electron chi connectivity index (χ0n) is 15.0. The van der Waals surface area contributed by atoms with Crippen molar-refractivity contribution in [3.05, 3.63) is 41.1 Å². The summed E-state index contributed by atoms with van der Waals surface area (Å²) in [7, 11) is 3.91. The van der Waals surface area contributed by atoms with Crippen molar-refractivity contribution in [1.29, 1.82) is 0 Å². The van der Waals surface area contributed by atoms with Gasteiger partial charge in [-0.15, -0.1) is 0 Å². The highest BCUT2D eigenvalue weighted by Gasteiger charge is 2.53. The van der Waals surface area contributed by atoms with Crippen molar-refractivity contribution in [2.45, 2.75) is 31.8 Å². The van der Waals surface area contributed by atoms with Crippen molar-refractivity contribution in [3.8, 4) is 5.75 Å². The minimum absolute atomic E-state index is 0.130. The molecule has 130 valence electrons. The largest absolute Gasteiger partial charge is 0.495 e. The molecule has 4 bridgehead atoms. The molecule has 0 saturated carbocycles. The maximum Gasteiger partial charge on any atom is 0.143 e. The molecule has 1 aromatic heterocycles. The highest BCUT2D eigenvalue weighted by Crippen LogP contribution is 2.54. The topological polar surface area (TPSA) is 34.5 Å². The van der Waals surface area contributed by atoms with Gasteiger partial charge in [-0.2, -0.15) is 0 Å². The number of aldehydes is 1. The van der Waals surface area contributed by atoms with Crippen LogP contribution < -0.4 is 4.74 Å². The summed E-state index contributed by atoms with van der Waals surface area (Å²) in [5.41, 5.74) is 5.50. The molecule has 4 nitrogen and oxygen atoms in total. The minimum Gasteiger partial charge on any atom is -0.495 e. The van der Waals surface area contributed by atoms with Gasteiger partial charge in [-0.05, 0) is 37.3 Å². The predicted octanol–water partition coefficient (Wildman–Crippen LogP) is 3.25. The molecule has 1 aromatic carbocycles. The van der Waals surface area contributed by atoms with E-state index in [1.165, 1.54) is 34.0 Å². The Labute approximate surface area is 148 Å². The molecule has 3 fully saturated rings. The lowest BCUT2D eigenvalue weighted by Crippen LogP contribution is -2.60. The van der Waals surface area contributed by atoms with Gasteiger partial charge < -0.3 is 14.1 Å². The standard InChI is InChI=1S/C21H24N2O2/c1-4-12-10-23-17-9-15-13-6-5-7-19(25-3)21(13)22(2)20(15)18(23)8-14(12)16(17)11-24/h4-7,11,14,16-18H,8-10H2,1-3H3/b12-4-/t14-,16-,17+,18?/m1/s1. The first-order valence-electron chi connectivity index (χ1n) is 9.19. The maximum absolute atomic E-state index is 11.9. The highest BCUT2D eigenvalue weighted by atomic mass is 16.5. The first-order valence-corrected chi connectivity index (χ1v) is 9.19. The van der Waals surface area contributed by atoms with Crippen LogP contribution in [-0.2, 0) is 18.3 Å². The summed E-state index contributed by atoms with van der Waals surface area (Å²) in [5, 5.41) is 1.29. The van der Waals surface area contributed by atoms with E-state index in [9.17, 15) is 4.79 Å². The van der Waals surface area contributed by atoms with E-state index in [4.69, 9.17) is 4.74 Å². The number of rotatable bonds is 2. The summed E-state index contributed by atoms with van der Waals surface area (Å²) in [5.74, 6) is 1.48. The molecule has 0 aliphatic carbocycles. The summed E-state index contributed by atoms with van der Waals surface area (Å²) >= 11 is 0. The molecule has 3 saturated heterocycles. The number of para-hydroxylation sites is 1. The molecule has 0 spiro atoms. The molecule has 5 heterocycles. The number of piperidine rings is 3. The number of aromatic nitrogens is 1. The van der Waals surface area contributed by atoms with Crippen LogP contribution in [0.5, 0.6) is 5.75 Å². The first-order chi connectivity index (χ1) is 12.2. The monoisotopic (exact) mass is 336 g/mol. The van der Waals surface area contributed by atoms with Gasteiger partial charge in [-0.1, -0.05) is 23.8 Å². The van der Waals surface area contributed by atoms with Gasteiger partial charge in [0.15, 0.2) is 0 Å². The summed E-state index contributed by atoms with van der Waals surface area (Å²) in [6, 6.07) is 7.08. The van der Waals surface area contributed by atoms with Crippen LogP contribution >= 0.6 is 0 Å². The molecule has 0 amide bonds. The van der Waals surface area contributed by atoms with Crippen molar-refractivity contribution in [1.82, 2.24) is 9.47 Å². The number of hydrogen-bond acceptors (Lipinski definition) is 3. The molecule has 4 aliphatic rings. The lowest BCUT2D eigenvalue weighted by molar-refractivity contribution is -0.121. The Morgan fingerprint density at radius 1 is 1.32 bits per heavy atom. The number of carbonyl (C=O) groups excluding carboxylic acids is 1. The Balaban J connectivity index is 1.74. The molecule has 5 atom stereocenters. The second-order valence-corrected chi connectivity index (χ2v) is 7.66. The van der Waals surface area contributed by atoms with Crippen LogP contribution in [0.1, 0.15) is 30.6 Å². The second kappa shape index (κ2) is 5.21. The molecular formula is C21H24N2O2. The average molecular weight is 336 g/mol. The number of carbonyl (C=O) groups is 1. The number of hydrogen-bond donors (Lipinski definition) is 0. The van der Waals surface area contributed by atoms with Gasteiger partial charge in [0.25, 0.3) is 0 Å². The van der Waals surface area contributed by atoms with Crippen LogP contribution in [-0.4, -0.2) is 35.4 Å². The normalized spacial score (nSPS) is 34.4. The molecule has 25 heavy (non-hydrogen) atoms. The third-order valence-electron chi connectivity index (χ3n) is 6.86. The van der Waals surface area contributed by atoms with Crippen LogP contribution in [0.2, 0.25) is 0 Å². The van der Waals surface area contributed by atoms with Crippen molar-refractivity contribution in [2.75, 3.05) is 13.7 Å². The third-order valence-corrected chi connectivity index (χ3v) is 6.86. The zero-order chi connectivity index (χ0) is 17.3. The van der Waals surface area contributed by atoms with Crippen LogP contribution in [0.4, 0.5) is 0 Å². The minimum atomic E-state index is 0.130. The van der Waals surface area contributed by atoms with Crippen molar-refractivity contribution in [2.24, 2.45) is 18.9 Å². The molecule has 4 heteroatoms. The predicted molar refractivity (Wildman–Crippen MR) is 97.8 cm³/mol. The van der Waals surface area contributed by atoms with Gasteiger partial charge in [0.05, 0.1) is 18.7 Å². The molecule has 2 unspecified atom stereocenters. The fourth-order valence-electron chi connectivity index (χ4n) is 5.81. The van der Waals surface area contributed by atoms with E-state index >= 15 is 0 Å². The van der Waals surface area contributed by atoms with Gasteiger partial charge in [-0.25, -0.2) is 0 Å². The first kappa shape index (κ1) is 15.2. The van der Waals surface area contributed by atoms with Crippen LogP contribution in [0.3, 0.4) is 0 Å². The second-order valence-electron chi connectivity index (χ2n) is 7.66. The fraction of sp³-hybridized carbons (Fsp3) is 0.476. The van der Waals surface area contributed by atoms with Crippen molar-refractivity contribution < 1.29 is 9.53 Å². The Bertz CT molecular complexity index is 910. The van der Waals surface area contributed by atoms with E-state index in [2.05, 4.69) is 41.6 Å². The zero-order valence-corrected chi connectivity index (χ0v) is 15.0. The third kappa shape index (κ3) is 1.78. The Kier molecular flexibility index (Phi) is 3.17. The smallest absolute Gasteiger partial charge is 0.143 e. The molecule has 2 aromatic rings. The van der Waals surface area contributed by atoms with Crippen molar-refractivity contribution >= 4 is 17.2 Å². The number of fused-ring (bicyclic) bond motifs is 4. The molecule has 4 aliphatic heterocycles. The van der Waals surface area contributed by atoms with E-state index < -0.39 is 0 Å². The van der Waals surface area contributed by atoms with Gasteiger partial charge in [0.2, 0.25) is 0 Å². The highest BCUT2D eigenvalue weighted by molar-refractivity contribution is 5.91. The molecule has 0 radical (unpaired) electrons. The quantitative estimate of drug-likeness (QED) is 0.624. The lowest BCUT2D eigenvalue weighted by Gasteiger charge is -2.57. The number of benzene rings is 1. The summed E-state index contributed by atoms with van der Waals surface area (Å²) in [6.07, 6.45) is 5.47. The van der Waals surface area contributed by atoms with E-state index in [-0.39, 0.29) is 5.92 Å². The number of ether oxygens (including phenoxy) is 1. The van der Waals surface area contributed by atoms with Crippen LogP contribution in [0.15, 0.2) is 29.8 Å². The van der Waals surface area contributed by atoms with E-state index in [1.54, 1.807) is 7.11 Å². The lowest BCUT2D eigenvalue weighted by atomic mass is 9.64. The van der Waals surface area contributed by atoms with Crippen LogP contribution in [0.25, 0.3) is 10.9 Å². The fourth-order valence-corrected chi connectivity index (χ4v) is 5.81. The van der Waals surface area contributed by atoms with Crippen LogP contribution in [0, 0.1) is 11.8 Å². The maximum atomic E-state index is 11.9. The number of aryl methyl sites for hydroxylation is 1. The van der Waals surface area contributed by atoms with Gasteiger partial charge in [-0.3, -0.25) is 4.90 Å². The SMILES string of the molecule is C/C=C1/CN2C3C[C@H]1[C@@H](C=O)[C@@H]2Cc1c3n(C)c2c(OC)cccc12. The molecule has 0 N–H and O–H groups in total. The average Bonchev–Trinajstić information content (AvgIpc) is 2.94. The van der Waals surface area contributed by atoms with Gasteiger partial charge in [0, 0.05) is 36.6 Å². The van der Waals surface area contributed by atoms with E-state index in [1.807, 2.05) is 6.07 Å². The van der Waals surface area contributed by atoms with Gasteiger partial charge >= 0.3 is 0 Å². The Morgan fingerprint density at radius 2 is 2.16 bits per heavy atom. The number of allylic oxidation sites excluding steroid dienone is 1. The number of methoxy groups -OCH3 is 1. The van der Waals surface area contributed by atoms with E-state index in [0.29, 0.717) is 18.0 Å². The Hall–Kier alpha value is -2.07. The van der Waals surface area contributed by atoms with E-state index in [0.717, 1.165) is 25.1 Å². The summed E-state index contributed by atoms with van der Waals surface area (Å²) in [6.45, 7) is 3.13. The molecular weight excluding hydrogens is 312 g/mol. The Morgan fingerprint density at radius 3 is 2.88 bits per heavy atom. The number of nitrogens with zero attached hydrogens (tertiary/aromatic N) is 2. The molecule has 6 rings (SSSR count). The summed E-state index contributed by atoms with van der Waals surface area (Å²) in [4.78, 5) is 14.5. The van der Waals surface area contributed by atoms with Gasteiger partial charge in [0.1, 0.15) is 12.0 Å².